The molecule has 0 amide bonds. The summed E-state index contributed by atoms with van der Waals surface area (Å²) in [5.41, 5.74) is 0. The normalized spacial score (nSPS) is 41.6. The van der Waals surface area contributed by atoms with Gasteiger partial charge in [0, 0.05) is 12.5 Å². The van der Waals surface area contributed by atoms with Gasteiger partial charge in [-0.2, -0.15) is 0 Å². The largest absolute Gasteiger partial charge is 0.375 e. The van der Waals surface area contributed by atoms with Crippen LogP contribution in [0.5, 0.6) is 0 Å². The Morgan fingerprint density at radius 3 is 2.44 bits per heavy atom. The van der Waals surface area contributed by atoms with E-state index in [0.29, 0.717) is 31.8 Å². The summed E-state index contributed by atoms with van der Waals surface area (Å²) in [6, 6.07) is 0. The zero-order valence-electron chi connectivity index (χ0n) is 10.7. The highest BCUT2D eigenvalue weighted by Crippen LogP contribution is 2.30. The van der Waals surface area contributed by atoms with Crippen molar-refractivity contribution < 1.29 is 18.3 Å². The van der Waals surface area contributed by atoms with Gasteiger partial charge >= 0.3 is 0 Å². The van der Waals surface area contributed by atoms with Gasteiger partial charge in [0.15, 0.2) is 6.17 Å². The topological polar surface area (TPSA) is 26.3 Å². The number of halogens is 2. The van der Waals surface area contributed by atoms with E-state index in [9.17, 15) is 13.6 Å². The van der Waals surface area contributed by atoms with Gasteiger partial charge in [-0.05, 0) is 50.9 Å². The molecule has 3 unspecified atom stereocenters. The molecule has 0 aromatic rings. The van der Waals surface area contributed by atoms with E-state index in [4.69, 9.17) is 4.74 Å². The Balaban J connectivity index is 1.70. The molecule has 2 aliphatic rings. The van der Waals surface area contributed by atoms with Crippen molar-refractivity contribution in [3.8, 4) is 0 Å². The summed E-state index contributed by atoms with van der Waals surface area (Å²) >= 11 is 0. The number of rotatable bonds is 4. The maximum atomic E-state index is 13.6. The number of hydrogen-bond acceptors (Lipinski definition) is 2. The summed E-state index contributed by atoms with van der Waals surface area (Å²) in [6.45, 7) is 0.517. The summed E-state index contributed by atoms with van der Waals surface area (Å²) in [5.74, 6) is 0.605. The fraction of sp³-hybridized carbons (Fsp3) is 0.929. The lowest BCUT2D eigenvalue weighted by Gasteiger charge is -2.31. The maximum Gasteiger partial charge on any atom is 0.157 e. The molecule has 0 aromatic heterocycles. The monoisotopic (exact) mass is 260 g/mol. The maximum absolute atomic E-state index is 13.6. The van der Waals surface area contributed by atoms with Gasteiger partial charge in [-0.15, -0.1) is 0 Å². The molecular formula is C14H22F2O2. The average Bonchev–Trinajstić information content (AvgIpc) is 2.41. The van der Waals surface area contributed by atoms with Gasteiger partial charge in [-0.25, -0.2) is 8.78 Å². The predicted octanol–water partition coefficient (Wildman–Crippen LogP) is 3.24. The molecule has 2 aliphatic carbocycles. The van der Waals surface area contributed by atoms with Crippen LogP contribution in [0, 0.1) is 11.8 Å². The van der Waals surface area contributed by atoms with Gasteiger partial charge in [0.05, 0.1) is 6.10 Å². The van der Waals surface area contributed by atoms with Crippen LogP contribution in [0.2, 0.25) is 0 Å². The SMILES string of the molecule is O=CC1CCC(COC2CCCC(F)C2F)CC1. The van der Waals surface area contributed by atoms with Crippen LogP contribution in [0.3, 0.4) is 0 Å². The third-order valence-corrected chi connectivity index (χ3v) is 4.30. The van der Waals surface area contributed by atoms with Crippen LogP contribution in [0.25, 0.3) is 0 Å². The Kier molecular flexibility index (Phi) is 5.10. The highest BCUT2D eigenvalue weighted by Gasteiger charge is 2.34. The number of hydrogen-bond donors (Lipinski definition) is 0. The van der Waals surface area contributed by atoms with Crippen molar-refractivity contribution in [1.29, 1.82) is 0 Å². The van der Waals surface area contributed by atoms with E-state index in [2.05, 4.69) is 0 Å². The Morgan fingerprint density at radius 2 is 1.78 bits per heavy atom. The minimum Gasteiger partial charge on any atom is -0.375 e. The Morgan fingerprint density at radius 1 is 1.06 bits per heavy atom. The third kappa shape index (κ3) is 3.50. The van der Waals surface area contributed by atoms with Crippen molar-refractivity contribution in [3.63, 3.8) is 0 Å². The third-order valence-electron chi connectivity index (χ3n) is 4.30. The molecule has 2 fully saturated rings. The van der Waals surface area contributed by atoms with Crippen molar-refractivity contribution in [2.45, 2.75) is 63.4 Å². The lowest BCUT2D eigenvalue weighted by atomic mass is 9.83. The van der Waals surface area contributed by atoms with Gasteiger partial charge in [-0.3, -0.25) is 0 Å². The standard InChI is InChI=1S/C14H22F2O2/c15-12-2-1-3-13(14(12)16)18-9-11-6-4-10(8-17)5-7-11/h8,10-14H,1-7,9H2. The molecule has 0 spiro atoms. The van der Waals surface area contributed by atoms with Crippen LogP contribution in [0.1, 0.15) is 44.9 Å². The molecule has 0 aliphatic heterocycles. The molecule has 0 radical (unpaired) electrons. The van der Waals surface area contributed by atoms with E-state index in [0.717, 1.165) is 32.0 Å². The molecule has 4 heteroatoms. The number of carbonyl (C=O) groups excluding carboxylic acids is 1. The molecule has 2 rings (SSSR count). The van der Waals surface area contributed by atoms with Gasteiger partial charge < -0.3 is 9.53 Å². The van der Waals surface area contributed by atoms with Crippen molar-refractivity contribution in [2.75, 3.05) is 6.61 Å². The van der Waals surface area contributed by atoms with Gasteiger partial charge in [-0.1, -0.05) is 0 Å². The van der Waals surface area contributed by atoms with Crippen LogP contribution >= 0.6 is 0 Å². The zero-order valence-corrected chi connectivity index (χ0v) is 10.7. The molecule has 2 saturated carbocycles. The van der Waals surface area contributed by atoms with Crippen molar-refractivity contribution in [1.82, 2.24) is 0 Å². The van der Waals surface area contributed by atoms with Gasteiger partial charge in [0.2, 0.25) is 0 Å². The second kappa shape index (κ2) is 6.60. The first kappa shape index (κ1) is 13.9. The molecule has 18 heavy (non-hydrogen) atoms. The van der Waals surface area contributed by atoms with Crippen molar-refractivity contribution in [2.24, 2.45) is 11.8 Å². The average molecular weight is 260 g/mol. The van der Waals surface area contributed by atoms with E-state index in [1.807, 2.05) is 0 Å². The fourth-order valence-corrected chi connectivity index (χ4v) is 2.99. The molecule has 0 bridgehead atoms. The van der Waals surface area contributed by atoms with E-state index < -0.39 is 18.4 Å². The van der Waals surface area contributed by atoms with Gasteiger partial charge in [0.25, 0.3) is 0 Å². The number of carbonyl (C=O) groups is 1. The van der Waals surface area contributed by atoms with E-state index in [-0.39, 0.29) is 5.92 Å². The highest BCUT2D eigenvalue weighted by molar-refractivity contribution is 5.53. The second-order valence-electron chi connectivity index (χ2n) is 5.68. The molecule has 0 heterocycles. The molecule has 3 atom stereocenters. The molecule has 0 N–H and O–H groups in total. The summed E-state index contributed by atoms with van der Waals surface area (Å²) < 4.78 is 32.3. The Labute approximate surface area is 107 Å². The van der Waals surface area contributed by atoms with Crippen molar-refractivity contribution in [3.05, 3.63) is 0 Å². The molecule has 0 saturated heterocycles. The van der Waals surface area contributed by atoms with Crippen LogP contribution < -0.4 is 0 Å². The minimum absolute atomic E-state index is 0.195. The minimum atomic E-state index is -1.45. The fourth-order valence-electron chi connectivity index (χ4n) is 2.99. The predicted molar refractivity (Wildman–Crippen MR) is 64.9 cm³/mol. The summed E-state index contributed by atoms with van der Waals surface area (Å²) in [7, 11) is 0. The number of alkyl halides is 2. The second-order valence-corrected chi connectivity index (χ2v) is 5.68. The molecule has 2 nitrogen and oxygen atoms in total. The summed E-state index contributed by atoms with van der Waals surface area (Å²) in [6.07, 6.45) is 3.08. The van der Waals surface area contributed by atoms with E-state index >= 15 is 0 Å². The first-order valence-electron chi connectivity index (χ1n) is 7.05. The van der Waals surface area contributed by atoms with Crippen LogP contribution in [0.15, 0.2) is 0 Å². The summed E-state index contributed by atoms with van der Waals surface area (Å²) in [5, 5.41) is 0. The zero-order chi connectivity index (χ0) is 13.0. The van der Waals surface area contributed by atoms with Gasteiger partial charge in [0.1, 0.15) is 12.5 Å². The molecular weight excluding hydrogens is 238 g/mol. The summed E-state index contributed by atoms with van der Waals surface area (Å²) in [4.78, 5) is 10.6. The molecule has 0 aromatic carbocycles. The van der Waals surface area contributed by atoms with E-state index in [1.54, 1.807) is 0 Å². The lowest BCUT2D eigenvalue weighted by Crippen LogP contribution is -2.38. The Hall–Kier alpha value is -0.510. The van der Waals surface area contributed by atoms with Crippen LogP contribution in [0.4, 0.5) is 8.78 Å². The molecule has 104 valence electrons. The Bertz CT molecular complexity index is 265. The van der Waals surface area contributed by atoms with Crippen LogP contribution in [-0.2, 0) is 9.53 Å². The smallest absolute Gasteiger partial charge is 0.157 e. The van der Waals surface area contributed by atoms with Crippen LogP contribution in [-0.4, -0.2) is 31.3 Å². The quantitative estimate of drug-likeness (QED) is 0.725. The number of ether oxygens (including phenoxy) is 1. The van der Waals surface area contributed by atoms with E-state index in [1.165, 1.54) is 0 Å². The van der Waals surface area contributed by atoms with Crippen molar-refractivity contribution >= 4 is 6.29 Å². The highest BCUT2D eigenvalue weighted by atomic mass is 19.2. The first-order valence-corrected chi connectivity index (χ1v) is 7.05. The number of aldehydes is 1. The lowest BCUT2D eigenvalue weighted by molar-refractivity contribution is -0.112. The first-order chi connectivity index (χ1) is 8.70.